The molecule has 0 saturated carbocycles. The van der Waals surface area contributed by atoms with E-state index in [0.29, 0.717) is 12.1 Å². The first-order valence-corrected chi connectivity index (χ1v) is 8.62. The summed E-state index contributed by atoms with van der Waals surface area (Å²) in [5, 5.41) is 0. The van der Waals surface area contributed by atoms with Crippen molar-refractivity contribution in [2.24, 2.45) is 0 Å². The fourth-order valence-corrected chi connectivity index (χ4v) is 4.14. The number of benzene rings is 2. The van der Waals surface area contributed by atoms with Gasteiger partial charge >= 0.3 is 0 Å². The van der Waals surface area contributed by atoms with Crippen LogP contribution in [0.2, 0.25) is 0 Å². The van der Waals surface area contributed by atoms with Gasteiger partial charge in [-0.3, -0.25) is 4.90 Å². The maximum Gasteiger partial charge on any atom is 0.133 e. The van der Waals surface area contributed by atoms with Crippen molar-refractivity contribution >= 4 is 0 Å². The molecule has 0 radical (unpaired) electrons. The Morgan fingerprint density at radius 1 is 0.957 bits per heavy atom. The Labute approximate surface area is 140 Å². The molecule has 1 unspecified atom stereocenters. The molecular weight excluding hydrogens is 282 g/mol. The third-order valence-corrected chi connectivity index (χ3v) is 5.15. The smallest absolute Gasteiger partial charge is 0.133 e. The molecule has 0 aliphatic carbocycles. The molecule has 0 amide bonds. The number of likely N-dealkylation sites (tertiary alicyclic amines) is 1. The minimum absolute atomic E-state index is 0.359. The van der Waals surface area contributed by atoms with E-state index in [1.165, 1.54) is 17.5 Å². The van der Waals surface area contributed by atoms with Crippen molar-refractivity contribution in [1.29, 1.82) is 0 Å². The fraction of sp³-hybridized carbons (Fsp3) is 0.429. The first-order valence-electron chi connectivity index (χ1n) is 8.62. The number of nitrogens with zero attached hydrogens (tertiary/aromatic N) is 1. The Balaban J connectivity index is 2.17. The van der Waals surface area contributed by atoms with E-state index in [9.17, 15) is 0 Å². The predicted molar refractivity (Wildman–Crippen MR) is 95.5 cm³/mol. The molecule has 1 aliphatic heterocycles. The molecule has 2 nitrogen and oxygen atoms in total. The van der Waals surface area contributed by atoms with Crippen LogP contribution >= 0.6 is 0 Å². The summed E-state index contributed by atoms with van der Waals surface area (Å²) in [4.78, 5) is 2.60. The molecule has 1 atom stereocenters. The summed E-state index contributed by atoms with van der Waals surface area (Å²) in [6.07, 6.45) is 2.39. The second-order valence-corrected chi connectivity index (χ2v) is 6.66. The summed E-state index contributed by atoms with van der Waals surface area (Å²) in [5.41, 5.74) is 2.07. The third kappa shape index (κ3) is 2.82. The Hall–Kier alpha value is -1.64. The number of ether oxygens (including phenoxy) is 1. The molecular formula is C21H27NO. The quantitative estimate of drug-likeness (QED) is 0.809. The number of hydrogen-bond donors (Lipinski definition) is 0. The number of rotatable bonds is 5. The van der Waals surface area contributed by atoms with Gasteiger partial charge in [0.25, 0.3) is 0 Å². The zero-order valence-electron chi connectivity index (χ0n) is 14.4. The second kappa shape index (κ2) is 6.86. The van der Waals surface area contributed by atoms with Gasteiger partial charge in [0.2, 0.25) is 0 Å². The summed E-state index contributed by atoms with van der Waals surface area (Å²) in [6, 6.07) is 22.3. The molecule has 3 rings (SSSR count). The van der Waals surface area contributed by atoms with Crippen molar-refractivity contribution in [3.63, 3.8) is 0 Å². The van der Waals surface area contributed by atoms with Crippen molar-refractivity contribution in [3.05, 3.63) is 71.8 Å². The minimum atomic E-state index is -0.413. The standard InChI is InChI=1S/C21H27NO/c1-17(2)22-16-10-15-20(22)21(23-3,18-11-6-4-7-12-18)19-13-8-5-9-14-19/h4-9,11-14,17,20H,10,15-16H2,1-3H3. The van der Waals surface area contributed by atoms with Crippen molar-refractivity contribution in [3.8, 4) is 0 Å². The van der Waals surface area contributed by atoms with E-state index in [1.807, 2.05) is 7.11 Å². The van der Waals surface area contributed by atoms with Crippen LogP contribution < -0.4 is 0 Å². The van der Waals surface area contributed by atoms with E-state index in [4.69, 9.17) is 4.74 Å². The van der Waals surface area contributed by atoms with Crippen molar-refractivity contribution < 1.29 is 4.74 Å². The van der Waals surface area contributed by atoms with Crippen molar-refractivity contribution in [2.75, 3.05) is 13.7 Å². The van der Waals surface area contributed by atoms with Gasteiger partial charge in [0.05, 0.1) is 0 Å². The highest BCUT2D eigenvalue weighted by molar-refractivity contribution is 5.39. The highest BCUT2D eigenvalue weighted by Gasteiger charge is 2.47. The van der Waals surface area contributed by atoms with Crippen LogP contribution in [0.3, 0.4) is 0 Å². The zero-order valence-corrected chi connectivity index (χ0v) is 14.4. The van der Waals surface area contributed by atoms with Crippen LogP contribution in [-0.4, -0.2) is 30.6 Å². The molecule has 1 saturated heterocycles. The van der Waals surface area contributed by atoms with Gasteiger partial charge in [-0.25, -0.2) is 0 Å². The Bertz CT molecular complexity index is 569. The molecule has 2 aromatic rings. The first-order chi connectivity index (χ1) is 11.2. The van der Waals surface area contributed by atoms with E-state index >= 15 is 0 Å². The Morgan fingerprint density at radius 2 is 1.48 bits per heavy atom. The zero-order chi connectivity index (χ0) is 16.3. The van der Waals surface area contributed by atoms with Crippen LogP contribution in [0.1, 0.15) is 37.8 Å². The summed E-state index contributed by atoms with van der Waals surface area (Å²) < 4.78 is 6.33. The molecule has 122 valence electrons. The van der Waals surface area contributed by atoms with Crippen LogP contribution in [0, 0.1) is 0 Å². The van der Waals surface area contributed by atoms with Gasteiger partial charge in [0.1, 0.15) is 5.60 Å². The second-order valence-electron chi connectivity index (χ2n) is 6.66. The summed E-state index contributed by atoms with van der Waals surface area (Å²) in [7, 11) is 1.86. The van der Waals surface area contributed by atoms with Gasteiger partial charge in [-0.2, -0.15) is 0 Å². The topological polar surface area (TPSA) is 12.5 Å². The fourth-order valence-electron chi connectivity index (χ4n) is 4.14. The molecule has 0 aromatic heterocycles. The maximum absolute atomic E-state index is 6.33. The van der Waals surface area contributed by atoms with E-state index in [-0.39, 0.29) is 0 Å². The van der Waals surface area contributed by atoms with E-state index < -0.39 is 5.60 Å². The highest BCUT2D eigenvalue weighted by Crippen LogP contribution is 2.43. The molecule has 0 spiro atoms. The molecule has 23 heavy (non-hydrogen) atoms. The van der Waals surface area contributed by atoms with E-state index in [0.717, 1.165) is 13.0 Å². The molecule has 1 aliphatic rings. The lowest BCUT2D eigenvalue weighted by Gasteiger charge is -2.44. The lowest BCUT2D eigenvalue weighted by molar-refractivity contribution is -0.0491. The normalized spacial score (nSPS) is 19.4. The number of methoxy groups -OCH3 is 1. The monoisotopic (exact) mass is 309 g/mol. The largest absolute Gasteiger partial charge is 0.367 e. The van der Waals surface area contributed by atoms with Gasteiger partial charge in [0, 0.05) is 19.2 Å². The third-order valence-electron chi connectivity index (χ3n) is 5.15. The lowest BCUT2D eigenvalue weighted by Crippen LogP contribution is -2.51. The predicted octanol–water partition coefficient (Wildman–Crippen LogP) is 4.45. The SMILES string of the molecule is COC(c1ccccc1)(c1ccccc1)C1CCCN1C(C)C. The lowest BCUT2D eigenvalue weighted by atomic mass is 9.78. The highest BCUT2D eigenvalue weighted by atomic mass is 16.5. The van der Waals surface area contributed by atoms with Gasteiger partial charge < -0.3 is 4.74 Å². The van der Waals surface area contributed by atoms with Gasteiger partial charge in [-0.05, 0) is 44.4 Å². The van der Waals surface area contributed by atoms with Crippen molar-refractivity contribution in [1.82, 2.24) is 4.90 Å². The van der Waals surface area contributed by atoms with Gasteiger partial charge in [-0.15, -0.1) is 0 Å². The number of hydrogen-bond acceptors (Lipinski definition) is 2. The first kappa shape index (κ1) is 16.2. The van der Waals surface area contributed by atoms with Gasteiger partial charge in [0.15, 0.2) is 0 Å². The Morgan fingerprint density at radius 3 is 1.91 bits per heavy atom. The summed E-state index contributed by atoms with van der Waals surface area (Å²) in [6.45, 7) is 5.72. The molecule has 2 aromatic carbocycles. The van der Waals surface area contributed by atoms with Crippen molar-refractivity contribution in [2.45, 2.75) is 44.4 Å². The Kier molecular flexibility index (Phi) is 4.84. The molecule has 1 heterocycles. The summed E-state index contributed by atoms with van der Waals surface area (Å²) in [5.74, 6) is 0. The van der Waals surface area contributed by atoms with Gasteiger partial charge in [-0.1, -0.05) is 60.7 Å². The molecule has 0 N–H and O–H groups in total. The summed E-state index contributed by atoms with van der Waals surface area (Å²) >= 11 is 0. The van der Waals surface area contributed by atoms with E-state index in [2.05, 4.69) is 79.4 Å². The van der Waals surface area contributed by atoms with Crippen LogP contribution in [0.25, 0.3) is 0 Å². The molecule has 0 bridgehead atoms. The average Bonchev–Trinajstić information content (AvgIpc) is 3.09. The van der Waals surface area contributed by atoms with Crippen LogP contribution in [0.5, 0.6) is 0 Å². The van der Waals surface area contributed by atoms with Crippen LogP contribution in [-0.2, 0) is 10.3 Å². The van der Waals surface area contributed by atoms with E-state index in [1.54, 1.807) is 0 Å². The molecule has 2 heteroatoms. The maximum atomic E-state index is 6.33. The minimum Gasteiger partial charge on any atom is -0.367 e. The van der Waals surface area contributed by atoms with Crippen LogP contribution in [0.4, 0.5) is 0 Å². The van der Waals surface area contributed by atoms with Crippen LogP contribution in [0.15, 0.2) is 60.7 Å². The molecule has 1 fully saturated rings. The average molecular weight is 309 g/mol.